The molecule has 0 fully saturated rings. The maximum Gasteiger partial charge on any atom is 0.101 e. The quantitative estimate of drug-likeness (QED) is 0.0580. The monoisotopic (exact) mass is 715 g/mol. The van der Waals surface area contributed by atoms with Gasteiger partial charge in [-0.2, -0.15) is 0 Å². The van der Waals surface area contributed by atoms with Crippen LogP contribution in [0.2, 0.25) is 0 Å². The van der Waals surface area contributed by atoms with Crippen molar-refractivity contribution >= 4 is 0 Å². The van der Waals surface area contributed by atoms with E-state index in [0.717, 1.165) is 0 Å². The van der Waals surface area contributed by atoms with Gasteiger partial charge in [-0.05, 0) is 25.7 Å². The van der Waals surface area contributed by atoms with E-state index in [-0.39, 0.29) is 0 Å². The normalized spacial score (nSPS) is 14.5. The molecule has 0 aromatic rings. The Kier molecular flexibility index (Phi) is 38.4. The molecule has 0 saturated heterocycles. The molecule has 0 spiro atoms. The van der Waals surface area contributed by atoms with Gasteiger partial charge in [0.25, 0.3) is 0 Å². The second-order valence-corrected chi connectivity index (χ2v) is 17.1. The summed E-state index contributed by atoms with van der Waals surface area (Å²) in [6.07, 6.45) is 64.9. The maximum absolute atomic E-state index is 2.74. The standard InChI is InChI=1S/C49H98N2/c1-4-7-10-13-16-19-21-23-25-26-28-30-32-35-38-41-44-49-50(45-42-39-36-33-18-15-12-9-6-3)47-48-51(49)46-43-40-37-34-31-29-27-24-22-20-17-14-11-8-5-2/h47-49H,4-46H2,1-3H3. The SMILES string of the molecule is CCCCCCCCCCCCCCCCCCC1N(CCCCCCCCCCC)C=CN1CCCCCCCCCCCCCCCCC. The van der Waals surface area contributed by atoms with Crippen molar-refractivity contribution in [3.8, 4) is 0 Å². The summed E-state index contributed by atoms with van der Waals surface area (Å²) in [7, 11) is 0. The number of hydrogen-bond donors (Lipinski definition) is 0. The van der Waals surface area contributed by atoms with Crippen molar-refractivity contribution in [2.75, 3.05) is 13.1 Å². The van der Waals surface area contributed by atoms with E-state index in [2.05, 4.69) is 43.0 Å². The third-order valence-corrected chi connectivity index (χ3v) is 12.1. The third-order valence-electron chi connectivity index (χ3n) is 12.1. The van der Waals surface area contributed by atoms with E-state index in [1.807, 2.05) is 0 Å². The Morgan fingerprint density at radius 3 is 0.686 bits per heavy atom. The van der Waals surface area contributed by atoms with E-state index in [1.165, 1.54) is 276 Å². The van der Waals surface area contributed by atoms with Gasteiger partial charge in [0, 0.05) is 25.5 Å². The summed E-state index contributed by atoms with van der Waals surface area (Å²) in [5.74, 6) is 0. The van der Waals surface area contributed by atoms with Crippen molar-refractivity contribution < 1.29 is 0 Å². The number of unbranched alkanes of at least 4 members (excludes halogenated alkanes) is 37. The molecule has 2 nitrogen and oxygen atoms in total. The van der Waals surface area contributed by atoms with Gasteiger partial charge in [-0.25, -0.2) is 0 Å². The zero-order valence-corrected chi connectivity index (χ0v) is 36.0. The average molecular weight is 715 g/mol. The molecule has 1 heterocycles. The van der Waals surface area contributed by atoms with Crippen molar-refractivity contribution in [1.29, 1.82) is 0 Å². The summed E-state index contributed by atoms with van der Waals surface area (Å²) < 4.78 is 0. The first kappa shape index (κ1) is 48.4. The van der Waals surface area contributed by atoms with Gasteiger partial charge in [0.05, 0.1) is 0 Å². The highest BCUT2D eigenvalue weighted by molar-refractivity contribution is 4.97. The molecule has 1 aliphatic rings. The lowest BCUT2D eigenvalue weighted by Gasteiger charge is -2.33. The molecule has 0 N–H and O–H groups in total. The van der Waals surface area contributed by atoms with E-state index >= 15 is 0 Å². The van der Waals surface area contributed by atoms with E-state index in [1.54, 1.807) is 0 Å². The van der Waals surface area contributed by atoms with Crippen molar-refractivity contribution in [3.63, 3.8) is 0 Å². The molecule has 0 bridgehead atoms. The van der Waals surface area contributed by atoms with Crippen LogP contribution in [0.5, 0.6) is 0 Å². The van der Waals surface area contributed by atoms with Crippen molar-refractivity contribution in [3.05, 3.63) is 12.4 Å². The van der Waals surface area contributed by atoms with Crippen LogP contribution in [0.3, 0.4) is 0 Å². The Bertz CT molecular complexity index is 673. The Balaban J connectivity index is 2.17. The molecule has 0 aromatic carbocycles. The number of hydrogen-bond acceptors (Lipinski definition) is 2. The van der Waals surface area contributed by atoms with Gasteiger partial charge < -0.3 is 9.80 Å². The predicted molar refractivity (Wildman–Crippen MR) is 233 cm³/mol. The third kappa shape index (κ3) is 32.5. The first-order valence-electron chi connectivity index (χ1n) is 24.5. The Morgan fingerprint density at radius 2 is 0.451 bits per heavy atom. The van der Waals surface area contributed by atoms with Crippen LogP contribution >= 0.6 is 0 Å². The minimum atomic E-state index is 0.636. The van der Waals surface area contributed by atoms with Crippen LogP contribution in [0.15, 0.2) is 12.4 Å². The molecular formula is C49H98N2. The molecule has 1 aliphatic heterocycles. The molecule has 1 unspecified atom stereocenters. The first-order chi connectivity index (χ1) is 25.3. The van der Waals surface area contributed by atoms with E-state index in [0.29, 0.717) is 6.17 Å². The molecule has 0 saturated carbocycles. The zero-order valence-electron chi connectivity index (χ0n) is 36.0. The smallest absolute Gasteiger partial charge is 0.101 e. The summed E-state index contributed by atoms with van der Waals surface area (Å²) in [5, 5.41) is 0. The van der Waals surface area contributed by atoms with Crippen LogP contribution in [-0.2, 0) is 0 Å². The minimum absolute atomic E-state index is 0.636. The van der Waals surface area contributed by atoms with Crippen LogP contribution in [0.1, 0.15) is 284 Å². The molecule has 1 atom stereocenters. The predicted octanol–water partition coefficient (Wildman–Crippen LogP) is 17.5. The van der Waals surface area contributed by atoms with Crippen LogP contribution in [0.25, 0.3) is 0 Å². The summed E-state index contributed by atoms with van der Waals surface area (Å²) in [5.41, 5.74) is 0. The summed E-state index contributed by atoms with van der Waals surface area (Å²) >= 11 is 0. The number of rotatable bonds is 43. The van der Waals surface area contributed by atoms with Gasteiger partial charge in [-0.3, -0.25) is 0 Å². The lowest BCUT2D eigenvalue weighted by molar-refractivity contribution is 0.135. The molecule has 1 rings (SSSR count). The summed E-state index contributed by atoms with van der Waals surface area (Å²) in [4.78, 5) is 5.47. The van der Waals surface area contributed by atoms with Gasteiger partial charge in [0.15, 0.2) is 0 Å². The van der Waals surface area contributed by atoms with Gasteiger partial charge in [-0.1, -0.05) is 258 Å². The Labute approximate surface area is 324 Å². The summed E-state index contributed by atoms with van der Waals surface area (Å²) in [6, 6.07) is 0. The van der Waals surface area contributed by atoms with Crippen LogP contribution in [0, 0.1) is 0 Å². The van der Waals surface area contributed by atoms with Crippen LogP contribution < -0.4 is 0 Å². The van der Waals surface area contributed by atoms with Gasteiger partial charge >= 0.3 is 0 Å². The lowest BCUT2D eigenvalue weighted by atomic mass is 10.0. The zero-order chi connectivity index (χ0) is 36.6. The van der Waals surface area contributed by atoms with Gasteiger partial charge in [-0.15, -0.1) is 0 Å². The van der Waals surface area contributed by atoms with Crippen LogP contribution in [-0.4, -0.2) is 29.1 Å². The van der Waals surface area contributed by atoms with E-state index in [9.17, 15) is 0 Å². The second kappa shape index (κ2) is 40.5. The fraction of sp³-hybridized carbons (Fsp3) is 0.959. The fourth-order valence-electron chi connectivity index (χ4n) is 8.48. The Hall–Kier alpha value is -0.660. The van der Waals surface area contributed by atoms with E-state index < -0.39 is 0 Å². The maximum atomic E-state index is 2.74. The molecular weight excluding hydrogens is 617 g/mol. The largest absolute Gasteiger partial charge is 0.356 e. The van der Waals surface area contributed by atoms with Crippen LogP contribution in [0.4, 0.5) is 0 Å². The Morgan fingerprint density at radius 1 is 0.255 bits per heavy atom. The average Bonchev–Trinajstić information content (AvgIpc) is 3.53. The molecule has 0 aliphatic carbocycles. The lowest BCUT2D eigenvalue weighted by Crippen LogP contribution is -2.39. The number of nitrogens with zero attached hydrogens (tertiary/aromatic N) is 2. The molecule has 0 aromatic heterocycles. The second-order valence-electron chi connectivity index (χ2n) is 17.1. The van der Waals surface area contributed by atoms with Gasteiger partial charge in [0.1, 0.15) is 6.17 Å². The molecule has 0 amide bonds. The van der Waals surface area contributed by atoms with E-state index in [4.69, 9.17) is 0 Å². The molecule has 0 radical (unpaired) electrons. The first-order valence-corrected chi connectivity index (χ1v) is 24.5. The topological polar surface area (TPSA) is 6.48 Å². The fourth-order valence-corrected chi connectivity index (χ4v) is 8.48. The summed E-state index contributed by atoms with van der Waals surface area (Å²) in [6.45, 7) is 9.49. The molecule has 304 valence electrons. The highest BCUT2D eigenvalue weighted by atomic mass is 15.4. The minimum Gasteiger partial charge on any atom is -0.356 e. The molecule has 51 heavy (non-hydrogen) atoms. The van der Waals surface area contributed by atoms with Crippen molar-refractivity contribution in [2.24, 2.45) is 0 Å². The van der Waals surface area contributed by atoms with Gasteiger partial charge in [0.2, 0.25) is 0 Å². The molecule has 2 heteroatoms. The van der Waals surface area contributed by atoms with Crippen molar-refractivity contribution in [2.45, 2.75) is 290 Å². The highest BCUT2D eigenvalue weighted by Crippen LogP contribution is 2.24. The van der Waals surface area contributed by atoms with Crippen molar-refractivity contribution in [1.82, 2.24) is 9.80 Å². The highest BCUT2D eigenvalue weighted by Gasteiger charge is 2.24.